The lowest BCUT2D eigenvalue weighted by Crippen LogP contribution is -2.17. The van der Waals surface area contributed by atoms with Crippen molar-refractivity contribution in [2.45, 2.75) is 26.7 Å². The van der Waals surface area contributed by atoms with Crippen molar-refractivity contribution in [3.05, 3.63) is 40.4 Å². The van der Waals surface area contributed by atoms with E-state index in [0.717, 1.165) is 24.5 Å². The number of nitrogens with two attached hydrogens (primary N) is 1. The molecule has 1 aromatic heterocycles. The largest absolute Gasteiger partial charge is 0.409 e. The third kappa shape index (κ3) is 2.60. The van der Waals surface area contributed by atoms with E-state index in [1.165, 1.54) is 0 Å². The zero-order chi connectivity index (χ0) is 14.7. The highest BCUT2D eigenvalue weighted by molar-refractivity contribution is 6.31. The van der Waals surface area contributed by atoms with Crippen LogP contribution >= 0.6 is 11.6 Å². The van der Waals surface area contributed by atoms with E-state index in [-0.39, 0.29) is 5.84 Å². The van der Waals surface area contributed by atoms with Crippen LogP contribution in [0.2, 0.25) is 5.02 Å². The van der Waals surface area contributed by atoms with Crippen molar-refractivity contribution < 1.29 is 5.21 Å². The molecule has 2 aromatic rings. The highest BCUT2D eigenvalue weighted by atomic mass is 35.5. The second kappa shape index (κ2) is 5.92. The van der Waals surface area contributed by atoms with Crippen LogP contribution < -0.4 is 5.73 Å². The van der Waals surface area contributed by atoms with Crippen molar-refractivity contribution >= 4 is 17.4 Å². The fourth-order valence-corrected chi connectivity index (χ4v) is 2.08. The van der Waals surface area contributed by atoms with Gasteiger partial charge in [-0.3, -0.25) is 0 Å². The molecule has 2 rings (SSSR count). The van der Waals surface area contributed by atoms with E-state index in [1.807, 2.05) is 13.8 Å². The van der Waals surface area contributed by atoms with Gasteiger partial charge in [0.15, 0.2) is 11.7 Å². The molecular weight excluding hydrogens is 278 g/mol. The van der Waals surface area contributed by atoms with Gasteiger partial charge in [0.05, 0.1) is 5.69 Å². The summed E-state index contributed by atoms with van der Waals surface area (Å²) in [6.45, 7) is 3.98. The molecule has 106 valence electrons. The number of rotatable bonds is 4. The quantitative estimate of drug-likeness (QED) is 0.391. The van der Waals surface area contributed by atoms with Crippen molar-refractivity contribution in [1.29, 1.82) is 0 Å². The Labute approximate surface area is 121 Å². The van der Waals surface area contributed by atoms with Crippen LogP contribution in [0.3, 0.4) is 0 Å². The average Bonchev–Trinajstić information content (AvgIpc) is 2.89. The topological polar surface area (TPSA) is 89.3 Å². The van der Waals surface area contributed by atoms with Crippen molar-refractivity contribution in [1.82, 2.24) is 14.8 Å². The number of halogens is 1. The van der Waals surface area contributed by atoms with Gasteiger partial charge in [-0.15, -0.1) is 0 Å². The molecule has 0 saturated carbocycles. The summed E-state index contributed by atoms with van der Waals surface area (Å²) in [6.07, 6.45) is 1.45. The van der Waals surface area contributed by atoms with Crippen molar-refractivity contribution in [3.63, 3.8) is 0 Å². The van der Waals surface area contributed by atoms with E-state index >= 15 is 0 Å². The number of aromatic nitrogens is 3. The molecule has 0 unspecified atom stereocenters. The Kier molecular flexibility index (Phi) is 4.24. The van der Waals surface area contributed by atoms with Gasteiger partial charge < -0.3 is 10.9 Å². The first-order chi connectivity index (χ1) is 9.60. The first kappa shape index (κ1) is 14.3. The Morgan fingerprint density at radius 2 is 2.15 bits per heavy atom. The van der Waals surface area contributed by atoms with Crippen LogP contribution in [0.25, 0.3) is 5.69 Å². The Morgan fingerprint density at radius 3 is 2.75 bits per heavy atom. The normalized spacial score (nSPS) is 11.8. The van der Waals surface area contributed by atoms with E-state index in [4.69, 9.17) is 22.5 Å². The number of aryl methyl sites for hydroxylation is 2. The van der Waals surface area contributed by atoms with Crippen LogP contribution in [0.1, 0.15) is 31.1 Å². The minimum atomic E-state index is 0.00673. The van der Waals surface area contributed by atoms with Gasteiger partial charge in [-0.2, -0.15) is 5.10 Å². The number of hydrogen-bond donors (Lipinski definition) is 2. The number of oxime groups is 1. The summed E-state index contributed by atoms with van der Waals surface area (Å²) in [7, 11) is 0. The molecule has 0 aliphatic rings. The minimum Gasteiger partial charge on any atom is -0.409 e. The lowest BCUT2D eigenvalue weighted by Gasteiger charge is -2.10. The Morgan fingerprint density at radius 1 is 1.40 bits per heavy atom. The molecule has 0 aliphatic carbocycles. The second-order valence-corrected chi connectivity index (χ2v) is 4.65. The number of hydrogen-bond acceptors (Lipinski definition) is 4. The maximum atomic E-state index is 8.89. The monoisotopic (exact) mass is 293 g/mol. The molecule has 0 bridgehead atoms. The van der Waals surface area contributed by atoms with Gasteiger partial charge in [-0.1, -0.05) is 30.6 Å². The highest BCUT2D eigenvalue weighted by Crippen LogP contribution is 2.21. The summed E-state index contributed by atoms with van der Waals surface area (Å²) in [5.74, 6) is 1.55. The van der Waals surface area contributed by atoms with E-state index in [9.17, 15) is 0 Å². The molecule has 6 nitrogen and oxygen atoms in total. The predicted molar refractivity (Wildman–Crippen MR) is 77.6 cm³/mol. The first-order valence-electron chi connectivity index (χ1n) is 6.33. The summed E-state index contributed by atoms with van der Waals surface area (Å²) in [4.78, 5) is 4.45. The van der Waals surface area contributed by atoms with E-state index in [2.05, 4.69) is 15.2 Å². The van der Waals surface area contributed by atoms with Gasteiger partial charge >= 0.3 is 0 Å². The van der Waals surface area contributed by atoms with Crippen molar-refractivity contribution in [2.24, 2.45) is 10.9 Å². The maximum Gasteiger partial charge on any atom is 0.172 e. The number of benzene rings is 1. The first-order valence-corrected chi connectivity index (χ1v) is 6.71. The Bertz CT molecular complexity index is 650. The molecular formula is C13H16ClN5O. The molecule has 0 radical (unpaired) electrons. The molecule has 1 heterocycles. The molecule has 0 atom stereocenters. The van der Waals surface area contributed by atoms with Crippen LogP contribution in [0.15, 0.2) is 23.4 Å². The SMILES string of the molecule is CCc1nc(CC)n(-c2cc(Cl)ccc2C(N)=NO)n1. The van der Waals surface area contributed by atoms with Crippen LogP contribution in [0.5, 0.6) is 0 Å². The zero-order valence-electron chi connectivity index (χ0n) is 11.3. The third-order valence-corrected chi connectivity index (χ3v) is 3.16. The van der Waals surface area contributed by atoms with Crippen molar-refractivity contribution in [3.8, 4) is 5.69 Å². The predicted octanol–water partition coefficient (Wildman–Crippen LogP) is 2.14. The Balaban J connectivity index is 2.67. The summed E-state index contributed by atoms with van der Waals surface area (Å²) in [6, 6.07) is 5.10. The van der Waals surface area contributed by atoms with Crippen LogP contribution in [0, 0.1) is 0 Å². The van der Waals surface area contributed by atoms with E-state index in [0.29, 0.717) is 16.3 Å². The number of amidine groups is 1. The van der Waals surface area contributed by atoms with Crippen LogP contribution in [-0.2, 0) is 12.8 Å². The lowest BCUT2D eigenvalue weighted by molar-refractivity contribution is 0.318. The van der Waals surface area contributed by atoms with Gasteiger partial charge in [0, 0.05) is 23.4 Å². The summed E-state index contributed by atoms with van der Waals surface area (Å²) in [5, 5.41) is 16.9. The molecule has 0 saturated heterocycles. The average molecular weight is 294 g/mol. The number of nitrogens with zero attached hydrogens (tertiary/aromatic N) is 4. The molecule has 1 aromatic carbocycles. The molecule has 3 N–H and O–H groups in total. The lowest BCUT2D eigenvalue weighted by atomic mass is 10.1. The fraction of sp³-hybridized carbons (Fsp3) is 0.308. The zero-order valence-corrected chi connectivity index (χ0v) is 12.1. The standard InChI is InChI=1S/C13H16ClN5O/c1-3-11-16-12(4-2)19(17-11)10-7-8(14)5-6-9(10)13(15)18-20/h5-7,20H,3-4H2,1-2H3,(H2,15,18). The minimum absolute atomic E-state index is 0.00673. The van der Waals surface area contributed by atoms with Crippen LogP contribution in [0.4, 0.5) is 0 Å². The maximum absolute atomic E-state index is 8.89. The van der Waals surface area contributed by atoms with Crippen LogP contribution in [-0.4, -0.2) is 25.8 Å². The van der Waals surface area contributed by atoms with E-state index < -0.39 is 0 Å². The molecule has 20 heavy (non-hydrogen) atoms. The van der Waals surface area contributed by atoms with Gasteiger partial charge in [0.1, 0.15) is 5.82 Å². The molecule has 0 amide bonds. The molecule has 0 fully saturated rings. The molecule has 7 heteroatoms. The second-order valence-electron chi connectivity index (χ2n) is 4.21. The van der Waals surface area contributed by atoms with Crippen molar-refractivity contribution in [2.75, 3.05) is 0 Å². The molecule has 0 spiro atoms. The highest BCUT2D eigenvalue weighted by Gasteiger charge is 2.15. The van der Waals surface area contributed by atoms with E-state index in [1.54, 1.807) is 22.9 Å². The molecule has 0 aliphatic heterocycles. The smallest absolute Gasteiger partial charge is 0.172 e. The van der Waals surface area contributed by atoms with Gasteiger partial charge in [0.2, 0.25) is 0 Å². The van der Waals surface area contributed by atoms with Gasteiger partial charge in [-0.05, 0) is 18.2 Å². The van der Waals surface area contributed by atoms with Gasteiger partial charge in [-0.25, -0.2) is 9.67 Å². The third-order valence-electron chi connectivity index (χ3n) is 2.92. The van der Waals surface area contributed by atoms with Gasteiger partial charge in [0.25, 0.3) is 0 Å². The summed E-state index contributed by atoms with van der Waals surface area (Å²) in [5.41, 5.74) is 6.91. The summed E-state index contributed by atoms with van der Waals surface area (Å²) >= 11 is 6.05. The fourth-order valence-electron chi connectivity index (χ4n) is 1.91. The summed E-state index contributed by atoms with van der Waals surface area (Å²) < 4.78 is 1.69. The Hall–Kier alpha value is -2.08.